The van der Waals surface area contributed by atoms with Gasteiger partial charge in [-0.25, -0.2) is 26.0 Å². The van der Waals surface area contributed by atoms with Crippen LogP contribution in [0.2, 0.25) is 0 Å². The zero-order valence-electron chi connectivity index (χ0n) is 14.4. The van der Waals surface area contributed by atoms with Gasteiger partial charge in [-0.1, -0.05) is 29.8 Å². The molecule has 0 aromatic heterocycles. The maximum Gasteiger partial charge on any atom is 0.261 e. The normalized spacial score (nSPS) is 28.7. The average Bonchev–Trinajstić information content (AvgIpc) is 2.61. The van der Waals surface area contributed by atoms with Crippen LogP contribution in [0.15, 0.2) is 53.4 Å². The molecule has 0 heterocycles. The summed E-state index contributed by atoms with van der Waals surface area (Å²) in [5, 5.41) is 0. The van der Waals surface area contributed by atoms with Crippen molar-refractivity contribution in [1.29, 1.82) is 0 Å². The Morgan fingerprint density at radius 2 is 1.52 bits per heavy atom. The molecule has 0 saturated heterocycles. The fraction of sp³-hybridized carbons (Fsp3) is 0.368. The molecular weight excluding hydrogens is 382 g/mol. The number of aryl methyl sites for hydroxylation is 1. The van der Waals surface area contributed by atoms with Crippen LogP contribution in [-0.2, 0) is 10.0 Å². The maximum atomic E-state index is 14.2. The molecule has 2 aromatic rings. The van der Waals surface area contributed by atoms with Gasteiger partial charge >= 0.3 is 0 Å². The molecule has 27 heavy (non-hydrogen) atoms. The smallest absolute Gasteiger partial charge is 0.261 e. The van der Waals surface area contributed by atoms with Gasteiger partial charge in [0.25, 0.3) is 10.0 Å². The number of hydrogen-bond acceptors (Lipinski definition) is 2. The molecule has 3 nitrogen and oxygen atoms in total. The quantitative estimate of drug-likeness (QED) is 0.759. The molecule has 3 rings (SSSR count). The van der Waals surface area contributed by atoms with Gasteiger partial charge in [-0.15, -0.1) is 0 Å². The number of alkyl halides is 4. The minimum Gasteiger partial charge on any atom is -0.280 e. The third kappa shape index (κ3) is 4.10. The lowest BCUT2D eigenvalue weighted by Crippen LogP contribution is -2.43. The van der Waals surface area contributed by atoms with E-state index in [4.69, 9.17) is 0 Å². The summed E-state index contributed by atoms with van der Waals surface area (Å²) in [5.74, 6) is -1.63. The van der Waals surface area contributed by atoms with E-state index in [1.165, 1.54) is 36.4 Å². The van der Waals surface area contributed by atoms with Crippen LogP contribution >= 0.6 is 0 Å². The van der Waals surface area contributed by atoms with E-state index in [1.54, 1.807) is 12.1 Å². The molecule has 8 heteroatoms. The fourth-order valence-electron chi connectivity index (χ4n) is 3.21. The molecule has 0 spiro atoms. The number of halogens is 4. The van der Waals surface area contributed by atoms with Crippen LogP contribution in [-0.4, -0.2) is 33.1 Å². The summed E-state index contributed by atoms with van der Waals surface area (Å²) in [6, 6.07) is 11.5. The van der Waals surface area contributed by atoms with E-state index in [1.807, 2.05) is 6.92 Å². The average molecular weight is 401 g/mol. The molecule has 0 radical (unpaired) electrons. The number of hydrogen-bond donors (Lipinski definition) is 1. The Bertz CT molecular complexity index is 890. The van der Waals surface area contributed by atoms with Crippen LogP contribution in [0.1, 0.15) is 23.5 Å². The van der Waals surface area contributed by atoms with E-state index in [0.29, 0.717) is 0 Å². The highest BCUT2D eigenvalue weighted by atomic mass is 32.2. The van der Waals surface area contributed by atoms with Gasteiger partial charge in [-0.05, 0) is 36.8 Å². The van der Waals surface area contributed by atoms with Crippen molar-refractivity contribution < 1.29 is 26.0 Å². The summed E-state index contributed by atoms with van der Waals surface area (Å²) in [4.78, 5) is 0.0237. The Morgan fingerprint density at radius 3 is 2.11 bits per heavy atom. The number of anilines is 1. The summed E-state index contributed by atoms with van der Waals surface area (Å²) in [7, 11) is -3.91. The van der Waals surface area contributed by atoms with Gasteiger partial charge in [0.2, 0.25) is 0 Å². The first-order valence-electron chi connectivity index (χ1n) is 8.45. The zero-order chi connectivity index (χ0) is 19.8. The van der Waals surface area contributed by atoms with E-state index in [2.05, 4.69) is 4.72 Å². The van der Waals surface area contributed by atoms with Gasteiger partial charge in [0.15, 0.2) is 0 Å². The molecule has 1 saturated carbocycles. The Balaban J connectivity index is 1.88. The van der Waals surface area contributed by atoms with Crippen LogP contribution in [0.5, 0.6) is 0 Å². The van der Waals surface area contributed by atoms with Crippen molar-refractivity contribution in [1.82, 2.24) is 0 Å². The predicted octanol–water partition coefficient (Wildman–Crippen LogP) is 4.64. The summed E-state index contributed by atoms with van der Waals surface area (Å²) in [5.41, 5.74) is 0.950. The van der Waals surface area contributed by atoms with Crippen molar-refractivity contribution in [3.63, 3.8) is 0 Å². The van der Waals surface area contributed by atoms with Gasteiger partial charge in [0.1, 0.15) is 24.7 Å². The lowest BCUT2D eigenvalue weighted by atomic mass is 9.79. The van der Waals surface area contributed by atoms with Crippen LogP contribution in [0, 0.1) is 6.92 Å². The summed E-state index contributed by atoms with van der Waals surface area (Å²) >= 11 is 0. The molecule has 1 aliphatic rings. The molecular formula is C19H19F4NO2S. The first kappa shape index (κ1) is 19.7. The first-order chi connectivity index (χ1) is 12.7. The van der Waals surface area contributed by atoms with E-state index >= 15 is 0 Å². The molecule has 2 aromatic carbocycles. The van der Waals surface area contributed by atoms with Crippen LogP contribution in [0.4, 0.5) is 23.2 Å². The summed E-state index contributed by atoms with van der Waals surface area (Å²) in [6.45, 7) is 1.81. The lowest BCUT2D eigenvalue weighted by molar-refractivity contribution is -0.00569. The second-order valence-corrected chi connectivity index (χ2v) is 8.41. The van der Waals surface area contributed by atoms with Crippen molar-refractivity contribution in [3.05, 3.63) is 59.7 Å². The second-order valence-electron chi connectivity index (χ2n) is 6.73. The minimum absolute atomic E-state index is 0.00380. The minimum atomic E-state index is -3.91. The number of benzene rings is 2. The molecule has 0 bridgehead atoms. The van der Waals surface area contributed by atoms with Crippen molar-refractivity contribution in [3.8, 4) is 0 Å². The van der Waals surface area contributed by atoms with Crippen molar-refractivity contribution in [2.24, 2.45) is 0 Å². The molecule has 4 unspecified atom stereocenters. The van der Waals surface area contributed by atoms with E-state index in [0.717, 1.165) is 5.56 Å². The predicted molar refractivity (Wildman–Crippen MR) is 95.4 cm³/mol. The maximum absolute atomic E-state index is 14.2. The summed E-state index contributed by atoms with van der Waals surface area (Å²) < 4.78 is 83.0. The zero-order valence-corrected chi connectivity index (χ0v) is 15.3. The highest BCUT2D eigenvalue weighted by molar-refractivity contribution is 7.92. The van der Waals surface area contributed by atoms with Crippen molar-refractivity contribution >= 4 is 15.7 Å². The Morgan fingerprint density at radius 1 is 0.926 bits per heavy atom. The highest BCUT2D eigenvalue weighted by Crippen LogP contribution is 2.41. The first-order valence-corrected chi connectivity index (χ1v) is 9.93. The Hall–Kier alpha value is -2.09. The standard InChI is InChI=1S/C19H19F4NO2S/c1-11-5-7-14(8-6-11)27(25,26)24-13-4-2-3-12(9-13)17-18(22)15(20)10-16(21)19(17)23/h2-9,15-19,24H,10H2,1H3. The van der Waals surface area contributed by atoms with Gasteiger partial charge in [0, 0.05) is 12.1 Å². The lowest BCUT2D eigenvalue weighted by Gasteiger charge is -2.34. The van der Waals surface area contributed by atoms with Gasteiger partial charge in [0.05, 0.1) is 10.8 Å². The third-order valence-electron chi connectivity index (χ3n) is 4.68. The van der Waals surface area contributed by atoms with E-state index in [-0.39, 0.29) is 16.1 Å². The molecule has 1 N–H and O–H groups in total. The second kappa shape index (κ2) is 7.50. The van der Waals surface area contributed by atoms with Crippen LogP contribution in [0.3, 0.4) is 0 Å². The highest BCUT2D eigenvalue weighted by Gasteiger charge is 2.47. The largest absolute Gasteiger partial charge is 0.280 e. The Labute approximate surface area is 155 Å². The van der Waals surface area contributed by atoms with Crippen molar-refractivity contribution in [2.75, 3.05) is 4.72 Å². The molecule has 4 atom stereocenters. The van der Waals surface area contributed by atoms with E-state index in [9.17, 15) is 26.0 Å². The summed E-state index contributed by atoms with van der Waals surface area (Å²) in [6.07, 6.45) is -9.43. The molecule has 1 aliphatic carbocycles. The van der Waals surface area contributed by atoms with Gasteiger partial charge in [-0.3, -0.25) is 4.72 Å². The van der Waals surface area contributed by atoms with Gasteiger partial charge < -0.3 is 0 Å². The Kier molecular flexibility index (Phi) is 5.46. The monoisotopic (exact) mass is 401 g/mol. The molecule has 0 amide bonds. The number of nitrogens with one attached hydrogen (secondary N) is 1. The van der Waals surface area contributed by atoms with Crippen LogP contribution < -0.4 is 4.72 Å². The van der Waals surface area contributed by atoms with E-state index < -0.39 is 47.0 Å². The molecule has 1 fully saturated rings. The van der Waals surface area contributed by atoms with Crippen molar-refractivity contribution in [2.45, 2.75) is 48.8 Å². The topological polar surface area (TPSA) is 46.2 Å². The number of sulfonamides is 1. The van der Waals surface area contributed by atoms with Crippen LogP contribution in [0.25, 0.3) is 0 Å². The third-order valence-corrected chi connectivity index (χ3v) is 6.08. The molecule has 146 valence electrons. The molecule has 0 aliphatic heterocycles. The SMILES string of the molecule is Cc1ccc(S(=O)(=O)Nc2cccc(C3C(F)C(F)CC(F)C3F)c2)cc1. The number of rotatable bonds is 4. The fourth-order valence-corrected chi connectivity index (χ4v) is 4.26. The van der Waals surface area contributed by atoms with Gasteiger partial charge in [-0.2, -0.15) is 0 Å².